The smallest absolute Gasteiger partial charge is 0.285 e. The van der Waals surface area contributed by atoms with Crippen molar-refractivity contribution in [1.29, 1.82) is 0 Å². The average Bonchev–Trinajstić information content (AvgIpc) is 2.64. The average molecular weight is 326 g/mol. The second-order valence-electron chi connectivity index (χ2n) is 5.72. The predicted octanol–water partition coefficient (Wildman–Crippen LogP) is 1.30. The van der Waals surface area contributed by atoms with E-state index in [0.29, 0.717) is 42.6 Å². The van der Waals surface area contributed by atoms with E-state index in [1.165, 1.54) is 12.1 Å². The fourth-order valence-corrected chi connectivity index (χ4v) is 3.21. The minimum absolute atomic E-state index is 0.112. The van der Waals surface area contributed by atoms with Gasteiger partial charge in [-0.1, -0.05) is 12.1 Å². The van der Waals surface area contributed by atoms with Gasteiger partial charge in [0, 0.05) is 24.0 Å². The van der Waals surface area contributed by atoms with Crippen molar-refractivity contribution in [2.24, 2.45) is 0 Å². The topological polar surface area (TPSA) is 87.2 Å². The molecule has 122 valence electrons. The highest BCUT2D eigenvalue weighted by atomic mass is 16.5. The summed E-state index contributed by atoms with van der Waals surface area (Å²) in [5.74, 6) is -1.73. The van der Waals surface area contributed by atoms with E-state index in [9.17, 15) is 19.6 Å². The van der Waals surface area contributed by atoms with Crippen LogP contribution in [0, 0.1) is 0 Å². The Bertz CT molecular complexity index is 864. The van der Waals surface area contributed by atoms with Crippen molar-refractivity contribution >= 4 is 28.5 Å². The number of hydrogen-bond donors (Lipinski definition) is 1. The van der Waals surface area contributed by atoms with Gasteiger partial charge in [-0.3, -0.25) is 19.6 Å². The Morgan fingerprint density at radius 2 is 1.67 bits per heavy atom. The number of carbonyl (C=O) groups excluding carboxylic acids is 3. The summed E-state index contributed by atoms with van der Waals surface area (Å²) < 4.78 is 5.26. The predicted molar refractivity (Wildman–Crippen MR) is 83.0 cm³/mol. The summed E-state index contributed by atoms with van der Waals surface area (Å²) in [6, 6.07) is 7.94. The van der Waals surface area contributed by atoms with E-state index in [1.54, 1.807) is 23.1 Å². The minimum atomic E-state index is -0.783. The molecule has 2 aromatic carbocycles. The van der Waals surface area contributed by atoms with Crippen molar-refractivity contribution in [1.82, 2.24) is 9.96 Å². The summed E-state index contributed by atoms with van der Waals surface area (Å²) in [5.41, 5.74) is 0.854. The molecule has 0 saturated carbocycles. The lowest BCUT2D eigenvalue weighted by molar-refractivity contribution is -0.0377. The summed E-state index contributed by atoms with van der Waals surface area (Å²) in [5, 5.41) is 10.7. The van der Waals surface area contributed by atoms with Gasteiger partial charge in [-0.15, -0.1) is 5.06 Å². The van der Waals surface area contributed by atoms with Crippen LogP contribution in [0.4, 0.5) is 0 Å². The molecule has 7 nitrogen and oxygen atoms in total. The number of imide groups is 1. The van der Waals surface area contributed by atoms with Gasteiger partial charge in [-0.05, 0) is 23.6 Å². The third-order valence-corrected chi connectivity index (χ3v) is 4.41. The molecular formula is C17H14N2O5. The number of carbonyl (C=O) groups is 3. The second kappa shape index (κ2) is 5.40. The van der Waals surface area contributed by atoms with Gasteiger partial charge in [0.25, 0.3) is 17.7 Å². The van der Waals surface area contributed by atoms with Crippen LogP contribution in [0.15, 0.2) is 30.3 Å². The SMILES string of the molecule is O=C(c1ccc2c3c(cccc13)C(=O)N(O)C2=O)N1CCOCC1. The van der Waals surface area contributed by atoms with Crippen LogP contribution in [0.25, 0.3) is 10.8 Å². The summed E-state index contributed by atoms with van der Waals surface area (Å²) in [4.78, 5) is 38.8. The van der Waals surface area contributed by atoms with Crippen LogP contribution in [-0.4, -0.2) is 59.2 Å². The number of hydroxylamine groups is 2. The van der Waals surface area contributed by atoms with Crippen molar-refractivity contribution in [2.45, 2.75) is 0 Å². The summed E-state index contributed by atoms with van der Waals surface area (Å²) >= 11 is 0. The molecule has 0 radical (unpaired) electrons. The molecule has 2 aliphatic heterocycles. The Balaban J connectivity index is 1.91. The standard InChI is InChI=1S/C17H14N2O5/c20-15(18-6-8-24-9-7-18)11-4-5-13-14-10(11)2-1-3-12(14)16(21)19(23)17(13)22/h1-5,23H,6-9H2. The van der Waals surface area contributed by atoms with Crippen molar-refractivity contribution in [3.05, 3.63) is 47.0 Å². The quantitative estimate of drug-likeness (QED) is 0.630. The van der Waals surface area contributed by atoms with Gasteiger partial charge >= 0.3 is 0 Å². The molecule has 0 atom stereocenters. The van der Waals surface area contributed by atoms with Crippen molar-refractivity contribution in [2.75, 3.05) is 26.3 Å². The molecule has 3 amide bonds. The lowest BCUT2D eigenvalue weighted by Gasteiger charge is -2.28. The van der Waals surface area contributed by atoms with Crippen LogP contribution >= 0.6 is 0 Å². The highest BCUT2D eigenvalue weighted by molar-refractivity contribution is 6.26. The van der Waals surface area contributed by atoms with Crippen molar-refractivity contribution in [3.63, 3.8) is 0 Å². The van der Waals surface area contributed by atoms with Crippen LogP contribution in [0.2, 0.25) is 0 Å². The summed E-state index contributed by atoms with van der Waals surface area (Å²) in [6.07, 6.45) is 0. The maximum Gasteiger partial charge on any atom is 0.285 e. The maximum absolute atomic E-state index is 12.8. The van der Waals surface area contributed by atoms with E-state index in [4.69, 9.17) is 4.74 Å². The molecule has 0 aromatic heterocycles. The van der Waals surface area contributed by atoms with Gasteiger partial charge in [-0.25, -0.2) is 0 Å². The summed E-state index contributed by atoms with van der Waals surface area (Å²) in [6.45, 7) is 1.99. The van der Waals surface area contributed by atoms with Gasteiger partial charge in [-0.2, -0.15) is 0 Å². The number of rotatable bonds is 1. The molecular weight excluding hydrogens is 312 g/mol. The zero-order valence-electron chi connectivity index (χ0n) is 12.7. The highest BCUT2D eigenvalue weighted by Crippen LogP contribution is 2.32. The van der Waals surface area contributed by atoms with Gasteiger partial charge in [0.2, 0.25) is 0 Å². The van der Waals surface area contributed by atoms with Crippen LogP contribution < -0.4 is 0 Å². The van der Waals surface area contributed by atoms with Crippen LogP contribution in [-0.2, 0) is 4.74 Å². The first-order chi connectivity index (χ1) is 11.6. The fraction of sp³-hybridized carbons (Fsp3) is 0.235. The number of amides is 3. The normalized spacial score (nSPS) is 17.5. The minimum Gasteiger partial charge on any atom is -0.378 e. The van der Waals surface area contributed by atoms with E-state index in [-0.39, 0.29) is 22.1 Å². The van der Waals surface area contributed by atoms with Gasteiger partial charge < -0.3 is 9.64 Å². The molecule has 2 heterocycles. The molecule has 0 bridgehead atoms. The molecule has 1 fully saturated rings. The number of benzene rings is 2. The second-order valence-corrected chi connectivity index (χ2v) is 5.72. The number of morpholine rings is 1. The monoisotopic (exact) mass is 326 g/mol. The fourth-order valence-electron chi connectivity index (χ4n) is 3.21. The first-order valence-electron chi connectivity index (χ1n) is 7.60. The van der Waals surface area contributed by atoms with Crippen LogP contribution in [0.1, 0.15) is 31.1 Å². The Morgan fingerprint density at radius 3 is 2.38 bits per heavy atom. The lowest BCUT2D eigenvalue weighted by atomic mass is 9.91. The molecule has 0 aliphatic carbocycles. The van der Waals surface area contributed by atoms with E-state index >= 15 is 0 Å². The molecule has 2 aromatic rings. The molecule has 1 saturated heterocycles. The van der Waals surface area contributed by atoms with Gasteiger partial charge in [0.15, 0.2) is 0 Å². The van der Waals surface area contributed by atoms with Crippen molar-refractivity contribution in [3.8, 4) is 0 Å². The van der Waals surface area contributed by atoms with E-state index in [0.717, 1.165) is 0 Å². The zero-order chi connectivity index (χ0) is 16.8. The molecule has 0 unspecified atom stereocenters. The Kier molecular flexibility index (Phi) is 3.33. The maximum atomic E-state index is 12.8. The van der Waals surface area contributed by atoms with E-state index in [2.05, 4.69) is 0 Å². The molecule has 4 rings (SSSR count). The Labute approximate surface area is 137 Å². The molecule has 7 heteroatoms. The summed E-state index contributed by atoms with van der Waals surface area (Å²) in [7, 11) is 0. The first-order valence-corrected chi connectivity index (χ1v) is 7.60. The van der Waals surface area contributed by atoms with Crippen molar-refractivity contribution < 1.29 is 24.3 Å². The van der Waals surface area contributed by atoms with Crippen LogP contribution in [0.3, 0.4) is 0 Å². The van der Waals surface area contributed by atoms with E-state index in [1.807, 2.05) is 0 Å². The number of nitrogens with zero attached hydrogens (tertiary/aromatic N) is 2. The molecule has 2 aliphatic rings. The van der Waals surface area contributed by atoms with E-state index < -0.39 is 11.8 Å². The number of hydrogen-bond acceptors (Lipinski definition) is 5. The van der Waals surface area contributed by atoms with Crippen LogP contribution in [0.5, 0.6) is 0 Å². The lowest BCUT2D eigenvalue weighted by Crippen LogP contribution is -2.41. The Morgan fingerprint density at radius 1 is 1.00 bits per heavy atom. The largest absolute Gasteiger partial charge is 0.378 e. The molecule has 1 N–H and O–H groups in total. The molecule has 0 spiro atoms. The Hall–Kier alpha value is -2.77. The van der Waals surface area contributed by atoms with Gasteiger partial charge in [0.05, 0.1) is 24.3 Å². The first kappa shape index (κ1) is 14.8. The van der Waals surface area contributed by atoms with Gasteiger partial charge in [0.1, 0.15) is 0 Å². The molecule has 24 heavy (non-hydrogen) atoms. The third kappa shape index (κ3) is 2.02. The zero-order valence-corrected chi connectivity index (χ0v) is 12.7. The number of ether oxygens (including phenoxy) is 1. The third-order valence-electron chi connectivity index (χ3n) is 4.41. The highest BCUT2D eigenvalue weighted by Gasteiger charge is 2.33.